The lowest BCUT2D eigenvalue weighted by atomic mass is 10.0. The van der Waals surface area contributed by atoms with Gasteiger partial charge in [-0.15, -0.1) is 0 Å². The van der Waals surface area contributed by atoms with Crippen LogP contribution in [-0.2, 0) is 16.0 Å². The molecular formula is C29H35N7O4. The van der Waals surface area contributed by atoms with Gasteiger partial charge >= 0.3 is 6.03 Å². The molecule has 0 saturated carbocycles. The number of hydrogen-bond donors (Lipinski definition) is 3. The van der Waals surface area contributed by atoms with Crippen LogP contribution in [0.3, 0.4) is 0 Å². The van der Waals surface area contributed by atoms with E-state index in [4.69, 9.17) is 0 Å². The van der Waals surface area contributed by atoms with Crippen LogP contribution in [0.5, 0.6) is 0 Å². The van der Waals surface area contributed by atoms with Gasteiger partial charge in [0.05, 0.1) is 6.20 Å². The maximum atomic E-state index is 13.6. The van der Waals surface area contributed by atoms with Crippen LogP contribution in [0.1, 0.15) is 36.3 Å². The van der Waals surface area contributed by atoms with Gasteiger partial charge in [0, 0.05) is 38.6 Å². The summed E-state index contributed by atoms with van der Waals surface area (Å²) in [4.78, 5) is 60.6. The van der Waals surface area contributed by atoms with Gasteiger partial charge in [-0.3, -0.25) is 24.4 Å². The van der Waals surface area contributed by atoms with Crippen molar-refractivity contribution in [3.63, 3.8) is 0 Å². The van der Waals surface area contributed by atoms with E-state index in [1.54, 1.807) is 24.3 Å². The first-order chi connectivity index (χ1) is 19.2. The number of para-hydroxylation sites is 1. The zero-order chi connectivity index (χ0) is 29.1. The fourth-order valence-corrected chi connectivity index (χ4v) is 3.91. The highest BCUT2D eigenvalue weighted by molar-refractivity contribution is 5.97. The minimum absolute atomic E-state index is 0.0489. The molecule has 5 amide bonds. The molecule has 2 aromatic carbocycles. The predicted octanol–water partition coefficient (Wildman–Crippen LogP) is 2.89. The number of hydrogen-bond acceptors (Lipinski definition) is 6. The Kier molecular flexibility index (Phi) is 10.7. The van der Waals surface area contributed by atoms with Gasteiger partial charge in [0.2, 0.25) is 5.91 Å². The Hall–Kier alpha value is -4.80. The molecule has 0 fully saturated rings. The van der Waals surface area contributed by atoms with Crippen molar-refractivity contribution in [3.8, 4) is 0 Å². The van der Waals surface area contributed by atoms with Crippen LogP contribution in [0.15, 0.2) is 79.3 Å². The third-order valence-corrected chi connectivity index (χ3v) is 6.11. The minimum Gasteiger partial charge on any atom is -0.342 e. The molecule has 0 bridgehead atoms. The number of aromatic nitrogens is 2. The average molecular weight is 546 g/mol. The molecule has 3 aromatic rings. The fraction of sp³-hybridized carbons (Fsp3) is 0.310. The zero-order valence-corrected chi connectivity index (χ0v) is 23.1. The SMILES string of the molecule is CC(C)C[C@H](NC(=O)[C@H](Cc1ccccc1)NC(=O)c1cnccn1)C(=O)N(C)N(C)C(=O)Nc1ccccc1. The average Bonchev–Trinajstić information content (AvgIpc) is 2.96. The van der Waals surface area contributed by atoms with Crippen LogP contribution >= 0.6 is 0 Å². The van der Waals surface area contributed by atoms with Gasteiger partial charge in [-0.05, 0) is 30.0 Å². The van der Waals surface area contributed by atoms with Crippen molar-refractivity contribution in [2.75, 3.05) is 19.4 Å². The van der Waals surface area contributed by atoms with E-state index < -0.39 is 35.8 Å². The summed E-state index contributed by atoms with van der Waals surface area (Å²) in [5.74, 6) is -1.53. The molecule has 0 aliphatic rings. The first-order valence-corrected chi connectivity index (χ1v) is 12.9. The summed E-state index contributed by atoms with van der Waals surface area (Å²) in [5.41, 5.74) is 1.46. The number of benzene rings is 2. The summed E-state index contributed by atoms with van der Waals surface area (Å²) in [7, 11) is 2.92. The molecule has 0 aliphatic carbocycles. The number of hydrazine groups is 1. The molecule has 0 aliphatic heterocycles. The summed E-state index contributed by atoms with van der Waals surface area (Å²) in [6, 6.07) is 15.6. The highest BCUT2D eigenvalue weighted by Gasteiger charge is 2.31. The quantitative estimate of drug-likeness (QED) is 0.335. The van der Waals surface area contributed by atoms with E-state index in [9.17, 15) is 19.2 Å². The Bertz CT molecular complexity index is 1270. The van der Waals surface area contributed by atoms with E-state index in [-0.39, 0.29) is 18.0 Å². The second-order valence-corrected chi connectivity index (χ2v) is 9.68. The molecule has 11 heteroatoms. The molecular weight excluding hydrogens is 510 g/mol. The van der Waals surface area contributed by atoms with E-state index >= 15 is 0 Å². The summed E-state index contributed by atoms with van der Waals surface area (Å²) in [6.07, 6.45) is 4.65. The van der Waals surface area contributed by atoms with Gasteiger partial charge < -0.3 is 16.0 Å². The molecule has 0 unspecified atom stereocenters. The highest BCUT2D eigenvalue weighted by atomic mass is 16.2. The lowest BCUT2D eigenvalue weighted by Crippen LogP contribution is -2.57. The van der Waals surface area contributed by atoms with Crippen molar-refractivity contribution in [3.05, 3.63) is 90.5 Å². The maximum Gasteiger partial charge on any atom is 0.340 e. The van der Waals surface area contributed by atoms with Crippen LogP contribution in [0.4, 0.5) is 10.5 Å². The third-order valence-electron chi connectivity index (χ3n) is 6.11. The summed E-state index contributed by atoms with van der Waals surface area (Å²) >= 11 is 0. The number of urea groups is 1. The zero-order valence-electron chi connectivity index (χ0n) is 23.1. The van der Waals surface area contributed by atoms with Gasteiger partial charge in [-0.1, -0.05) is 62.4 Å². The first-order valence-electron chi connectivity index (χ1n) is 12.9. The minimum atomic E-state index is -0.996. The number of nitrogens with one attached hydrogen (secondary N) is 3. The number of rotatable bonds is 10. The Morgan fingerprint density at radius 1 is 0.825 bits per heavy atom. The van der Waals surface area contributed by atoms with E-state index in [0.29, 0.717) is 12.1 Å². The maximum absolute atomic E-state index is 13.6. The van der Waals surface area contributed by atoms with Gasteiger partial charge in [0.15, 0.2) is 0 Å². The molecule has 210 valence electrons. The van der Waals surface area contributed by atoms with Crippen molar-refractivity contribution in [1.82, 2.24) is 30.6 Å². The molecule has 40 heavy (non-hydrogen) atoms. The second-order valence-electron chi connectivity index (χ2n) is 9.68. The van der Waals surface area contributed by atoms with E-state index in [1.165, 1.54) is 32.7 Å². The smallest absolute Gasteiger partial charge is 0.340 e. The van der Waals surface area contributed by atoms with Crippen molar-refractivity contribution >= 4 is 29.4 Å². The molecule has 0 spiro atoms. The van der Waals surface area contributed by atoms with Crippen molar-refractivity contribution < 1.29 is 19.2 Å². The molecule has 1 aromatic heterocycles. The topological polar surface area (TPSA) is 137 Å². The predicted molar refractivity (Wildman–Crippen MR) is 151 cm³/mol. The van der Waals surface area contributed by atoms with E-state index in [0.717, 1.165) is 15.6 Å². The Labute approximate surface area is 234 Å². The van der Waals surface area contributed by atoms with E-state index in [1.807, 2.05) is 50.2 Å². The van der Waals surface area contributed by atoms with Crippen molar-refractivity contribution in [2.24, 2.45) is 5.92 Å². The lowest BCUT2D eigenvalue weighted by Gasteiger charge is -2.32. The van der Waals surface area contributed by atoms with Crippen LogP contribution in [0.25, 0.3) is 0 Å². The number of nitrogens with zero attached hydrogens (tertiary/aromatic N) is 4. The third kappa shape index (κ3) is 8.62. The fourth-order valence-electron chi connectivity index (χ4n) is 3.91. The number of anilines is 1. The number of carbonyl (C=O) groups is 4. The van der Waals surface area contributed by atoms with Crippen LogP contribution in [0.2, 0.25) is 0 Å². The molecule has 3 N–H and O–H groups in total. The van der Waals surface area contributed by atoms with Gasteiger partial charge in [-0.2, -0.15) is 0 Å². The molecule has 11 nitrogen and oxygen atoms in total. The molecule has 3 rings (SSSR count). The van der Waals surface area contributed by atoms with Crippen molar-refractivity contribution in [2.45, 2.75) is 38.8 Å². The number of carbonyl (C=O) groups excluding carboxylic acids is 4. The lowest BCUT2D eigenvalue weighted by molar-refractivity contribution is -0.144. The summed E-state index contributed by atoms with van der Waals surface area (Å²) < 4.78 is 0. The van der Waals surface area contributed by atoms with Crippen LogP contribution in [0, 0.1) is 5.92 Å². The van der Waals surface area contributed by atoms with Crippen molar-refractivity contribution in [1.29, 1.82) is 0 Å². The Morgan fingerprint density at radius 3 is 2.08 bits per heavy atom. The normalized spacial score (nSPS) is 12.1. The second kappa shape index (κ2) is 14.4. The molecule has 1 heterocycles. The number of likely N-dealkylation sites (N-methyl/N-ethyl adjacent to an activating group) is 1. The van der Waals surface area contributed by atoms with E-state index in [2.05, 4.69) is 25.9 Å². The standard InChI is InChI=1S/C29H35N7O4/c1-20(2)17-24(28(39)35(3)36(4)29(40)32-22-13-9-6-10-14-22)34-26(37)23(18-21-11-7-5-8-12-21)33-27(38)25-19-30-15-16-31-25/h5-16,19-20,23-24H,17-18H2,1-4H3,(H,32,40)(H,33,38)(H,34,37)/t23-,24-/m0/s1. The molecule has 0 saturated heterocycles. The number of amides is 5. The summed E-state index contributed by atoms with van der Waals surface area (Å²) in [5, 5.41) is 10.6. The Morgan fingerprint density at radius 2 is 1.48 bits per heavy atom. The van der Waals surface area contributed by atoms with Crippen LogP contribution in [-0.4, -0.2) is 69.9 Å². The first kappa shape index (κ1) is 29.8. The van der Waals surface area contributed by atoms with Crippen LogP contribution < -0.4 is 16.0 Å². The molecule has 2 atom stereocenters. The monoisotopic (exact) mass is 545 g/mol. The largest absolute Gasteiger partial charge is 0.342 e. The highest BCUT2D eigenvalue weighted by Crippen LogP contribution is 2.12. The van der Waals surface area contributed by atoms with Gasteiger partial charge in [0.1, 0.15) is 17.8 Å². The van der Waals surface area contributed by atoms with Gasteiger partial charge in [0.25, 0.3) is 11.8 Å². The molecule has 0 radical (unpaired) electrons. The Balaban J connectivity index is 1.76. The summed E-state index contributed by atoms with van der Waals surface area (Å²) in [6.45, 7) is 3.85. The van der Waals surface area contributed by atoms with Gasteiger partial charge in [-0.25, -0.2) is 14.8 Å².